The molecule has 5 heteroatoms. The molecule has 1 N–H and O–H groups in total. The number of thiazole rings is 1. The highest BCUT2D eigenvalue weighted by molar-refractivity contribution is 7.15. The molecular weight excluding hydrogens is 248 g/mol. The average molecular weight is 268 g/mol. The molecule has 0 saturated heterocycles. The highest BCUT2D eigenvalue weighted by atomic mass is 32.1. The lowest BCUT2D eigenvalue weighted by Crippen LogP contribution is -2.23. The number of carbonyl (C=O) groups excluding carboxylic acids is 1. The second-order valence-electron chi connectivity index (χ2n) is 5.08. The monoisotopic (exact) mass is 268 g/mol. The smallest absolute Gasteiger partial charge is 0.357 e. The van der Waals surface area contributed by atoms with Crippen molar-refractivity contribution in [2.45, 2.75) is 39.7 Å². The number of aromatic nitrogens is 1. The van der Waals surface area contributed by atoms with E-state index in [0.717, 1.165) is 15.9 Å². The zero-order chi connectivity index (χ0) is 13.3. The van der Waals surface area contributed by atoms with Gasteiger partial charge >= 0.3 is 5.97 Å². The quantitative estimate of drug-likeness (QED) is 0.856. The Labute approximate surface area is 112 Å². The number of rotatable bonds is 3. The van der Waals surface area contributed by atoms with Gasteiger partial charge in [-0.1, -0.05) is 13.8 Å². The van der Waals surface area contributed by atoms with Gasteiger partial charge < -0.3 is 10.1 Å². The maximum absolute atomic E-state index is 11.5. The number of carbonyl (C=O) groups is 1. The number of aryl methyl sites for hydroxylation is 1. The van der Waals surface area contributed by atoms with Crippen molar-refractivity contribution >= 4 is 22.4 Å². The maximum Gasteiger partial charge on any atom is 0.357 e. The standard InChI is InChI=1S/C13H20N2O2S/c1-7-5-6-10(8(7)2)14-13-15-11(9(3)18-13)12(16)17-4/h7-8,10H,5-6H2,1-4H3,(H,14,15). The highest BCUT2D eigenvalue weighted by Crippen LogP contribution is 2.34. The summed E-state index contributed by atoms with van der Waals surface area (Å²) in [5.41, 5.74) is 0.434. The van der Waals surface area contributed by atoms with Gasteiger partial charge in [0.2, 0.25) is 0 Å². The fourth-order valence-electron chi connectivity index (χ4n) is 2.47. The predicted molar refractivity (Wildman–Crippen MR) is 73.2 cm³/mol. The fourth-order valence-corrected chi connectivity index (χ4v) is 3.33. The summed E-state index contributed by atoms with van der Waals surface area (Å²) in [7, 11) is 1.38. The van der Waals surface area contributed by atoms with E-state index in [0.29, 0.717) is 17.7 Å². The summed E-state index contributed by atoms with van der Waals surface area (Å²) in [5, 5.41) is 4.29. The fraction of sp³-hybridized carbons (Fsp3) is 0.692. The SMILES string of the molecule is COC(=O)c1nc(NC2CCC(C)C2C)sc1C. The van der Waals surface area contributed by atoms with Gasteiger partial charge in [-0.15, -0.1) is 11.3 Å². The Kier molecular flexibility index (Phi) is 3.90. The molecule has 1 aliphatic rings. The molecule has 2 rings (SSSR count). The highest BCUT2D eigenvalue weighted by Gasteiger charge is 2.30. The van der Waals surface area contributed by atoms with Gasteiger partial charge in [0.1, 0.15) is 0 Å². The minimum absolute atomic E-state index is 0.357. The minimum Gasteiger partial charge on any atom is -0.464 e. The Morgan fingerprint density at radius 1 is 1.44 bits per heavy atom. The molecule has 0 spiro atoms. The van der Waals surface area contributed by atoms with Crippen molar-refractivity contribution in [2.24, 2.45) is 11.8 Å². The van der Waals surface area contributed by atoms with E-state index in [1.165, 1.54) is 31.3 Å². The molecule has 1 aliphatic carbocycles. The zero-order valence-electron chi connectivity index (χ0n) is 11.3. The number of ether oxygens (including phenoxy) is 1. The second kappa shape index (κ2) is 5.26. The molecule has 3 atom stereocenters. The summed E-state index contributed by atoms with van der Waals surface area (Å²) < 4.78 is 4.72. The molecule has 4 nitrogen and oxygen atoms in total. The molecule has 1 saturated carbocycles. The Morgan fingerprint density at radius 2 is 2.17 bits per heavy atom. The molecule has 0 radical (unpaired) electrons. The molecule has 0 amide bonds. The molecule has 3 unspecified atom stereocenters. The number of esters is 1. The first kappa shape index (κ1) is 13.3. The van der Waals surface area contributed by atoms with Gasteiger partial charge in [-0.05, 0) is 31.6 Å². The van der Waals surface area contributed by atoms with Crippen LogP contribution in [-0.4, -0.2) is 24.1 Å². The third-order valence-electron chi connectivity index (χ3n) is 3.95. The van der Waals surface area contributed by atoms with E-state index in [1.54, 1.807) is 0 Å². The average Bonchev–Trinajstić information content (AvgIpc) is 2.86. The topological polar surface area (TPSA) is 51.2 Å². The van der Waals surface area contributed by atoms with Crippen LogP contribution in [-0.2, 0) is 4.74 Å². The van der Waals surface area contributed by atoms with Crippen molar-refractivity contribution in [3.05, 3.63) is 10.6 Å². The van der Waals surface area contributed by atoms with Crippen LogP contribution in [0.5, 0.6) is 0 Å². The van der Waals surface area contributed by atoms with Crippen LogP contribution in [0.2, 0.25) is 0 Å². The van der Waals surface area contributed by atoms with Gasteiger partial charge in [0.05, 0.1) is 7.11 Å². The summed E-state index contributed by atoms with van der Waals surface area (Å²) in [4.78, 5) is 16.7. The largest absolute Gasteiger partial charge is 0.464 e. The molecule has 0 bridgehead atoms. The Hall–Kier alpha value is -1.10. The van der Waals surface area contributed by atoms with Gasteiger partial charge in [-0.3, -0.25) is 0 Å². The van der Waals surface area contributed by atoms with Crippen molar-refractivity contribution < 1.29 is 9.53 Å². The number of anilines is 1. The molecule has 0 aliphatic heterocycles. The van der Waals surface area contributed by atoms with Crippen LogP contribution in [0.25, 0.3) is 0 Å². The minimum atomic E-state index is -0.357. The first-order valence-electron chi connectivity index (χ1n) is 6.35. The summed E-state index contributed by atoms with van der Waals surface area (Å²) in [5.74, 6) is 1.05. The first-order chi connectivity index (χ1) is 8.52. The summed E-state index contributed by atoms with van der Waals surface area (Å²) >= 11 is 1.53. The van der Waals surface area contributed by atoms with Gasteiger partial charge in [-0.2, -0.15) is 0 Å². The lowest BCUT2D eigenvalue weighted by atomic mass is 9.98. The van der Waals surface area contributed by atoms with E-state index in [9.17, 15) is 4.79 Å². The maximum atomic E-state index is 11.5. The van der Waals surface area contributed by atoms with Crippen molar-refractivity contribution in [1.82, 2.24) is 4.98 Å². The third kappa shape index (κ3) is 2.51. The van der Waals surface area contributed by atoms with Crippen molar-refractivity contribution in [3.8, 4) is 0 Å². The van der Waals surface area contributed by atoms with E-state index in [4.69, 9.17) is 4.74 Å². The van der Waals surface area contributed by atoms with E-state index in [-0.39, 0.29) is 5.97 Å². The molecular formula is C13H20N2O2S. The molecule has 0 aromatic carbocycles. The summed E-state index contributed by atoms with van der Waals surface area (Å²) in [6.45, 7) is 6.46. The van der Waals surface area contributed by atoms with Crippen LogP contribution in [0.1, 0.15) is 42.1 Å². The number of methoxy groups -OCH3 is 1. The third-order valence-corrected chi connectivity index (χ3v) is 4.85. The van der Waals surface area contributed by atoms with Crippen LogP contribution >= 0.6 is 11.3 Å². The van der Waals surface area contributed by atoms with E-state index >= 15 is 0 Å². The Morgan fingerprint density at radius 3 is 2.72 bits per heavy atom. The summed E-state index contributed by atoms with van der Waals surface area (Å²) in [6.07, 6.45) is 2.43. The van der Waals surface area contributed by atoms with Gasteiger partial charge in [0, 0.05) is 10.9 Å². The molecule has 100 valence electrons. The van der Waals surface area contributed by atoms with Crippen LogP contribution < -0.4 is 5.32 Å². The van der Waals surface area contributed by atoms with Crippen LogP contribution in [0, 0.1) is 18.8 Å². The van der Waals surface area contributed by atoms with E-state index < -0.39 is 0 Å². The molecule has 1 aromatic rings. The summed E-state index contributed by atoms with van der Waals surface area (Å²) in [6, 6.07) is 0.469. The number of nitrogens with one attached hydrogen (secondary N) is 1. The molecule has 1 heterocycles. The number of nitrogens with zero attached hydrogens (tertiary/aromatic N) is 1. The van der Waals surface area contributed by atoms with Gasteiger partial charge in [0.15, 0.2) is 10.8 Å². The Balaban J connectivity index is 2.09. The lowest BCUT2D eigenvalue weighted by molar-refractivity contribution is 0.0594. The van der Waals surface area contributed by atoms with Gasteiger partial charge in [-0.25, -0.2) is 9.78 Å². The second-order valence-corrected chi connectivity index (χ2v) is 6.28. The van der Waals surface area contributed by atoms with Crippen LogP contribution in [0.4, 0.5) is 5.13 Å². The van der Waals surface area contributed by atoms with Crippen molar-refractivity contribution in [2.75, 3.05) is 12.4 Å². The normalized spacial score (nSPS) is 27.2. The number of hydrogen-bond acceptors (Lipinski definition) is 5. The first-order valence-corrected chi connectivity index (χ1v) is 7.16. The lowest BCUT2D eigenvalue weighted by Gasteiger charge is -2.18. The van der Waals surface area contributed by atoms with E-state index in [1.807, 2.05) is 6.92 Å². The van der Waals surface area contributed by atoms with Gasteiger partial charge in [0.25, 0.3) is 0 Å². The Bertz CT molecular complexity index is 444. The van der Waals surface area contributed by atoms with E-state index in [2.05, 4.69) is 24.1 Å². The van der Waals surface area contributed by atoms with Crippen molar-refractivity contribution in [1.29, 1.82) is 0 Å². The van der Waals surface area contributed by atoms with Crippen LogP contribution in [0.3, 0.4) is 0 Å². The molecule has 1 fully saturated rings. The predicted octanol–water partition coefficient (Wildman–Crippen LogP) is 3.08. The van der Waals surface area contributed by atoms with Crippen LogP contribution in [0.15, 0.2) is 0 Å². The molecule has 18 heavy (non-hydrogen) atoms. The molecule has 1 aromatic heterocycles. The number of hydrogen-bond donors (Lipinski definition) is 1. The zero-order valence-corrected chi connectivity index (χ0v) is 12.1. The van der Waals surface area contributed by atoms with Crippen molar-refractivity contribution in [3.63, 3.8) is 0 Å².